The van der Waals surface area contributed by atoms with E-state index in [0.717, 1.165) is 24.1 Å². The zero-order chi connectivity index (χ0) is 23.8. The maximum absolute atomic E-state index is 11.8. The number of aliphatic hydroxyl groups excluding tert-OH is 2. The number of carbonyl (C=O) groups is 1. The maximum atomic E-state index is 11.8. The molecular weight excluding hydrogens is 426 g/mol. The second kappa shape index (κ2) is 11.9. The largest absolute Gasteiger partial charge is 0.508 e. The Morgan fingerprint density at radius 1 is 1.12 bits per heavy atom. The first kappa shape index (κ1) is 24.8. The summed E-state index contributed by atoms with van der Waals surface area (Å²) < 4.78 is 11.3. The van der Waals surface area contributed by atoms with Gasteiger partial charge in [0.15, 0.2) is 0 Å². The van der Waals surface area contributed by atoms with Gasteiger partial charge in [0.1, 0.15) is 30.0 Å². The number of hydrogen-bond acceptors (Lipinski definition) is 7. The number of phenolic OH excluding ortho intramolecular Hbond substituents is 2. The van der Waals surface area contributed by atoms with Crippen molar-refractivity contribution in [3.05, 3.63) is 41.5 Å². The molecule has 0 radical (unpaired) electrons. The molecule has 8 nitrogen and oxygen atoms in total. The summed E-state index contributed by atoms with van der Waals surface area (Å²) in [5.41, 5.74) is 2.81. The van der Waals surface area contributed by atoms with Crippen LogP contribution in [0, 0.1) is 0 Å². The van der Waals surface area contributed by atoms with E-state index in [0.29, 0.717) is 49.3 Å². The van der Waals surface area contributed by atoms with Crippen molar-refractivity contribution in [3.8, 4) is 28.4 Å². The fourth-order valence-corrected chi connectivity index (χ4v) is 4.14. The zero-order valence-electron chi connectivity index (χ0n) is 19.0. The highest BCUT2D eigenvalue weighted by Gasteiger charge is 2.20. The number of phenols is 2. The van der Waals surface area contributed by atoms with Crippen molar-refractivity contribution in [3.63, 3.8) is 0 Å². The second-order valence-electron chi connectivity index (χ2n) is 8.12. The lowest BCUT2D eigenvalue weighted by Gasteiger charge is -2.19. The third-order valence-corrected chi connectivity index (χ3v) is 5.80. The normalized spacial score (nSPS) is 14.6. The Morgan fingerprint density at radius 3 is 2.64 bits per heavy atom. The molecule has 180 valence electrons. The molecule has 0 saturated carbocycles. The van der Waals surface area contributed by atoms with E-state index in [2.05, 4.69) is 0 Å². The summed E-state index contributed by atoms with van der Waals surface area (Å²) in [7, 11) is 0. The number of rotatable bonds is 12. The molecule has 1 heterocycles. The number of carbonyl (C=O) groups excluding carboxylic acids is 1. The van der Waals surface area contributed by atoms with Gasteiger partial charge in [0.05, 0.1) is 26.4 Å². The third-order valence-electron chi connectivity index (χ3n) is 5.80. The SMILES string of the molecule is CCc1c(O)cc(O)c(-c2cccc(OCCN3CCCC3=O)c2)c1CCOCC(O)CO. The average molecular weight is 460 g/mol. The minimum Gasteiger partial charge on any atom is -0.508 e. The summed E-state index contributed by atoms with van der Waals surface area (Å²) in [6.45, 7) is 3.48. The first-order chi connectivity index (χ1) is 15.9. The number of hydrogen-bond donors (Lipinski definition) is 4. The molecule has 0 spiro atoms. The van der Waals surface area contributed by atoms with Gasteiger partial charge in [-0.3, -0.25) is 4.79 Å². The molecule has 1 saturated heterocycles. The van der Waals surface area contributed by atoms with Crippen LogP contribution in [0.3, 0.4) is 0 Å². The number of ether oxygens (including phenoxy) is 2. The minimum atomic E-state index is -0.947. The highest BCUT2D eigenvalue weighted by Crippen LogP contribution is 2.41. The molecule has 4 N–H and O–H groups in total. The molecule has 3 rings (SSSR count). The van der Waals surface area contributed by atoms with E-state index in [4.69, 9.17) is 14.6 Å². The van der Waals surface area contributed by atoms with Gasteiger partial charge in [-0.2, -0.15) is 0 Å². The van der Waals surface area contributed by atoms with E-state index < -0.39 is 6.10 Å². The Bertz CT molecular complexity index is 947. The molecule has 1 fully saturated rings. The predicted molar refractivity (Wildman–Crippen MR) is 124 cm³/mol. The number of likely N-dealkylation sites (tertiary alicyclic amines) is 1. The monoisotopic (exact) mass is 459 g/mol. The first-order valence-corrected chi connectivity index (χ1v) is 11.4. The lowest BCUT2D eigenvalue weighted by atomic mass is 9.90. The molecule has 0 bridgehead atoms. The molecule has 1 amide bonds. The Balaban J connectivity index is 1.79. The number of benzene rings is 2. The van der Waals surface area contributed by atoms with Crippen molar-refractivity contribution < 1.29 is 34.7 Å². The van der Waals surface area contributed by atoms with E-state index in [1.54, 1.807) is 4.90 Å². The van der Waals surface area contributed by atoms with Crippen LogP contribution < -0.4 is 4.74 Å². The number of aliphatic hydroxyl groups is 2. The maximum Gasteiger partial charge on any atom is 0.222 e. The fraction of sp³-hybridized carbons (Fsp3) is 0.480. The van der Waals surface area contributed by atoms with Gasteiger partial charge >= 0.3 is 0 Å². The van der Waals surface area contributed by atoms with Gasteiger partial charge in [0.2, 0.25) is 5.91 Å². The van der Waals surface area contributed by atoms with Gasteiger partial charge in [0, 0.05) is 24.6 Å². The van der Waals surface area contributed by atoms with Gasteiger partial charge in [-0.1, -0.05) is 19.1 Å². The van der Waals surface area contributed by atoms with Crippen LogP contribution in [0.25, 0.3) is 11.1 Å². The highest BCUT2D eigenvalue weighted by atomic mass is 16.5. The van der Waals surface area contributed by atoms with Crippen LogP contribution in [0.15, 0.2) is 30.3 Å². The molecule has 1 aliphatic heterocycles. The van der Waals surface area contributed by atoms with Crippen LogP contribution in [0.5, 0.6) is 17.2 Å². The van der Waals surface area contributed by atoms with E-state index in [1.807, 2.05) is 31.2 Å². The van der Waals surface area contributed by atoms with Crippen LogP contribution in [0.4, 0.5) is 0 Å². The molecular formula is C25H33NO7. The van der Waals surface area contributed by atoms with Crippen molar-refractivity contribution in [1.29, 1.82) is 0 Å². The molecule has 0 aliphatic carbocycles. The quantitative estimate of drug-likeness (QED) is 0.359. The van der Waals surface area contributed by atoms with E-state index >= 15 is 0 Å². The molecule has 1 unspecified atom stereocenters. The Labute approximate surface area is 194 Å². The Hall–Kier alpha value is -2.81. The van der Waals surface area contributed by atoms with Crippen molar-refractivity contribution in [2.24, 2.45) is 0 Å². The van der Waals surface area contributed by atoms with Crippen LogP contribution in [-0.2, 0) is 22.4 Å². The summed E-state index contributed by atoms with van der Waals surface area (Å²) in [5.74, 6) is 0.756. The van der Waals surface area contributed by atoms with Crippen molar-refractivity contribution >= 4 is 5.91 Å². The van der Waals surface area contributed by atoms with Gasteiger partial charge in [-0.05, 0) is 48.1 Å². The van der Waals surface area contributed by atoms with Crippen LogP contribution in [-0.4, -0.2) is 76.9 Å². The van der Waals surface area contributed by atoms with Gasteiger partial charge < -0.3 is 34.8 Å². The average Bonchev–Trinajstić information content (AvgIpc) is 3.21. The number of amides is 1. The standard InChI is InChI=1S/C25H33NO7/c1-2-20-21(8-11-32-16-18(28)15-27)25(23(30)14-22(20)29)17-5-3-6-19(13-17)33-12-10-26-9-4-7-24(26)31/h3,5-6,13-14,18,27-30H,2,4,7-12,15-16H2,1H3. The molecule has 2 aromatic rings. The fourth-order valence-electron chi connectivity index (χ4n) is 4.14. The van der Waals surface area contributed by atoms with Gasteiger partial charge in [-0.15, -0.1) is 0 Å². The molecule has 8 heteroatoms. The van der Waals surface area contributed by atoms with Gasteiger partial charge in [0.25, 0.3) is 0 Å². The molecule has 1 atom stereocenters. The van der Waals surface area contributed by atoms with Crippen LogP contribution >= 0.6 is 0 Å². The lowest BCUT2D eigenvalue weighted by molar-refractivity contribution is -0.128. The van der Waals surface area contributed by atoms with Crippen LogP contribution in [0.2, 0.25) is 0 Å². The summed E-state index contributed by atoms with van der Waals surface area (Å²) in [5, 5.41) is 39.5. The van der Waals surface area contributed by atoms with Crippen molar-refractivity contribution in [2.75, 3.05) is 39.5 Å². The highest BCUT2D eigenvalue weighted by molar-refractivity contribution is 5.78. The number of nitrogens with zero attached hydrogens (tertiary/aromatic N) is 1. The molecule has 0 aromatic heterocycles. The smallest absolute Gasteiger partial charge is 0.222 e. The van der Waals surface area contributed by atoms with E-state index in [-0.39, 0.29) is 37.2 Å². The molecule has 33 heavy (non-hydrogen) atoms. The van der Waals surface area contributed by atoms with Crippen molar-refractivity contribution in [2.45, 2.75) is 38.7 Å². The minimum absolute atomic E-state index is 0.000928. The van der Waals surface area contributed by atoms with E-state index in [1.165, 1.54) is 6.07 Å². The van der Waals surface area contributed by atoms with E-state index in [9.17, 15) is 20.1 Å². The summed E-state index contributed by atoms with van der Waals surface area (Å²) in [6.07, 6.45) is 1.51. The Morgan fingerprint density at radius 2 is 1.94 bits per heavy atom. The first-order valence-electron chi connectivity index (χ1n) is 11.4. The van der Waals surface area contributed by atoms with Gasteiger partial charge in [-0.25, -0.2) is 0 Å². The predicted octanol–water partition coefficient (Wildman–Crippen LogP) is 2.24. The summed E-state index contributed by atoms with van der Waals surface area (Å²) in [6, 6.07) is 8.70. The number of aromatic hydroxyl groups is 2. The topological polar surface area (TPSA) is 120 Å². The van der Waals surface area contributed by atoms with Crippen molar-refractivity contribution in [1.82, 2.24) is 4.90 Å². The van der Waals surface area contributed by atoms with Crippen LogP contribution in [0.1, 0.15) is 30.9 Å². The summed E-state index contributed by atoms with van der Waals surface area (Å²) >= 11 is 0. The second-order valence-corrected chi connectivity index (χ2v) is 8.12. The molecule has 1 aliphatic rings. The molecule has 2 aromatic carbocycles. The zero-order valence-corrected chi connectivity index (χ0v) is 19.0. The summed E-state index contributed by atoms with van der Waals surface area (Å²) in [4.78, 5) is 13.6. The lowest BCUT2D eigenvalue weighted by Crippen LogP contribution is -2.29. The third kappa shape index (κ3) is 6.37. The Kier molecular flexibility index (Phi) is 8.94.